The summed E-state index contributed by atoms with van der Waals surface area (Å²) in [4.78, 5) is 27.6. The van der Waals surface area contributed by atoms with Crippen LogP contribution in [0, 0.1) is 0 Å². The number of hydrogen-bond donors (Lipinski definition) is 3. The van der Waals surface area contributed by atoms with E-state index in [0.717, 1.165) is 5.69 Å². The maximum absolute atomic E-state index is 12.5. The Kier molecular flexibility index (Phi) is 5.68. The minimum atomic E-state index is -0.287. The number of nitrogens with one attached hydrogen (secondary N) is 3. The second-order valence-electron chi connectivity index (χ2n) is 5.81. The number of hydrogen-bond acceptors (Lipinski definition) is 4. The van der Waals surface area contributed by atoms with E-state index in [2.05, 4.69) is 20.9 Å². The average Bonchev–Trinajstić information content (AvgIpc) is 2.63. The minimum absolute atomic E-state index is 0.151. The van der Waals surface area contributed by atoms with Crippen molar-refractivity contribution in [1.29, 1.82) is 0 Å². The topological polar surface area (TPSA) is 83.1 Å². The van der Waals surface area contributed by atoms with Gasteiger partial charge in [0.2, 0.25) is 5.91 Å². The van der Waals surface area contributed by atoms with Crippen LogP contribution in [0.5, 0.6) is 0 Å². The first-order valence-electron chi connectivity index (χ1n) is 8.16. The highest BCUT2D eigenvalue weighted by Gasteiger charge is 2.08. The van der Waals surface area contributed by atoms with E-state index in [1.165, 1.54) is 13.1 Å². The van der Waals surface area contributed by atoms with Crippen molar-refractivity contribution in [1.82, 2.24) is 4.98 Å². The first-order valence-corrected chi connectivity index (χ1v) is 8.54. The van der Waals surface area contributed by atoms with E-state index >= 15 is 0 Å². The molecule has 0 aliphatic rings. The van der Waals surface area contributed by atoms with Gasteiger partial charge in [-0.3, -0.25) is 14.6 Å². The van der Waals surface area contributed by atoms with Crippen molar-refractivity contribution in [2.75, 3.05) is 16.0 Å². The van der Waals surface area contributed by atoms with Gasteiger partial charge in [0.05, 0.1) is 17.4 Å². The van der Waals surface area contributed by atoms with Crippen LogP contribution in [-0.4, -0.2) is 16.8 Å². The molecule has 0 fully saturated rings. The van der Waals surface area contributed by atoms with Gasteiger partial charge in [0.25, 0.3) is 5.91 Å². The van der Waals surface area contributed by atoms with E-state index in [1.807, 2.05) is 12.1 Å². The summed E-state index contributed by atoms with van der Waals surface area (Å²) in [7, 11) is 0. The average molecular weight is 381 g/mol. The molecule has 3 aromatic rings. The maximum Gasteiger partial charge on any atom is 0.257 e. The molecule has 0 aliphatic carbocycles. The number of amides is 2. The molecule has 0 atom stereocenters. The summed E-state index contributed by atoms with van der Waals surface area (Å²) in [5.41, 5.74) is 3.16. The molecule has 0 bridgehead atoms. The Hall–Kier alpha value is -3.38. The molecule has 3 N–H and O–H groups in total. The number of halogens is 1. The molecule has 0 saturated heterocycles. The lowest BCUT2D eigenvalue weighted by Gasteiger charge is -2.09. The van der Waals surface area contributed by atoms with Gasteiger partial charge in [-0.25, -0.2) is 0 Å². The summed E-state index contributed by atoms with van der Waals surface area (Å²) >= 11 is 5.98. The first-order chi connectivity index (χ1) is 13.0. The Morgan fingerprint density at radius 1 is 0.852 bits per heavy atom. The van der Waals surface area contributed by atoms with Gasteiger partial charge in [-0.05, 0) is 48.5 Å². The van der Waals surface area contributed by atoms with E-state index < -0.39 is 0 Å². The van der Waals surface area contributed by atoms with Crippen LogP contribution in [0.4, 0.5) is 22.7 Å². The molecule has 0 saturated carbocycles. The van der Waals surface area contributed by atoms with Gasteiger partial charge in [-0.1, -0.05) is 17.7 Å². The number of rotatable bonds is 5. The fourth-order valence-electron chi connectivity index (χ4n) is 2.41. The van der Waals surface area contributed by atoms with Crippen molar-refractivity contribution in [3.05, 3.63) is 77.6 Å². The third-order valence-electron chi connectivity index (χ3n) is 3.58. The van der Waals surface area contributed by atoms with E-state index in [9.17, 15) is 9.59 Å². The van der Waals surface area contributed by atoms with Gasteiger partial charge < -0.3 is 16.0 Å². The number of carbonyl (C=O) groups excluding carboxylic acids is 2. The molecule has 1 aromatic heterocycles. The van der Waals surface area contributed by atoms with Crippen LogP contribution >= 0.6 is 11.6 Å². The standard InChI is InChI=1S/C20H17ClN4O2/c1-13(26)23-16-5-7-17(8-6-16)25-20(27)14-9-19(12-22-11-14)24-18-4-2-3-15(21)10-18/h2-12,24H,1H3,(H,23,26)(H,25,27). The molecule has 0 aliphatic heterocycles. The van der Waals surface area contributed by atoms with Crippen LogP contribution < -0.4 is 16.0 Å². The Balaban J connectivity index is 1.69. The monoisotopic (exact) mass is 380 g/mol. The highest BCUT2D eigenvalue weighted by molar-refractivity contribution is 6.30. The third-order valence-corrected chi connectivity index (χ3v) is 3.81. The Bertz CT molecular complexity index is 974. The molecule has 2 amide bonds. The summed E-state index contributed by atoms with van der Waals surface area (Å²) in [5, 5.41) is 9.25. The lowest BCUT2D eigenvalue weighted by atomic mass is 10.2. The van der Waals surface area contributed by atoms with Crippen LogP contribution in [0.25, 0.3) is 0 Å². The zero-order valence-corrected chi connectivity index (χ0v) is 15.2. The normalized spacial score (nSPS) is 10.1. The van der Waals surface area contributed by atoms with Crippen molar-refractivity contribution in [2.45, 2.75) is 6.92 Å². The maximum atomic E-state index is 12.5. The quantitative estimate of drug-likeness (QED) is 0.599. The van der Waals surface area contributed by atoms with Crippen molar-refractivity contribution >= 4 is 46.2 Å². The van der Waals surface area contributed by atoms with Gasteiger partial charge in [0, 0.05) is 35.2 Å². The number of aromatic nitrogens is 1. The van der Waals surface area contributed by atoms with Crippen molar-refractivity contribution in [3.8, 4) is 0 Å². The SMILES string of the molecule is CC(=O)Nc1ccc(NC(=O)c2cncc(Nc3cccc(Cl)c3)c2)cc1. The number of benzene rings is 2. The smallest absolute Gasteiger partial charge is 0.257 e. The second-order valence-corrected chi connectivity index (χ2v) is 6.25. The fourth-order valence-corrected chi connectivity index (χ4v) is 2.60. The fraction of sp³-hybridized carbons (Fsp3) is 0.0500. The van der Waals surface area contributed by atoms with Gasteiger partial charge in [-0.15, -0.1) is 0 Å². The highest BCUT2D eigenvalue weighted by atomic mass is 35.5. The predicted molar refractivity (Wildman–Crippen MR) is 108 cm³/mol. The molecular weight excluding hydrogens is 364 g/mol. The van der Waals surface area contributed by atoms with Gasteiger partial charge in [0.15, 0.2) is 0 Å². The number of pyridine rings is 1. The molecule has 3 rings (SSSR count). The van der Waals surface area contributed by atoms with Crippen LogP contribution in [0.3, 0.4) is 0 Å². The Morgan fingerprint density at radius 2 is 1.56 bits per heavy atom. The van der Waals surface area contributed by atoms with Crippen molar-refractivity contribution in [2.24, 2.45) is 0 Å². The van der Waals surface area contributed by atoms with Crippen LogP contribution in [0.1, 0.15) is 17.3 Å². The number of anilines is 4. The number of carbonyl (C=O) groups is 2. The van der Waals surface area contributed by atoms with Gasteiger partial charge >= 0.3 is 0 Å². The summed E-state index contributed by atoms with van der Waals surface area (Å²) in [5.74, 6) is -0.439. The van der Waals surface area contributed by atoms with Gasteiger partial charge in [-0.2, -0.15) is 0 Å². The van der Waals surface area contributed by atoms with Crippen LogP contribution in [0.2, 0.25) is 5.02 Å². The Labute approximate surface area is 161 Å². The highest BCUT2D eigenvalue weighted by Crippen LogP contribution is 2.21. The lowest BCUT2D eigenvalue weighted by molar-refractivity contribution is -0.114. The third kappa shape index (κ3) is 5.29. The predicted octanol–water partition coefficient (Wildman–Crippen LogP) is 4.69. The molecule has 0 radical (unpaired) electrons. The lowest BCUT2D eigenvalue weighted by Crippen LogP contribution is -2.12. The molecule has 136 valence electrons. The summed E-state index contributed by atoms with van der Waals surface area (Å²) in [6.45, 7) is 1.44. The minimum Gasteiger partial charge on any atom is -0.354 e. The summed E-state index contributed by atoms with van der Waals surface area (Å²) < 4.78 is 0. The van der Waals surface area contributed by atoms with E-state index in [4.69, 9.17) is 11.6 Å². The van der Waals surface area contributed by atoms with Crippen LogP contribution in [-0.2, 0) is 4.79 Å². The van der Waals surface area contributed by atoms with Gasteiger partial charge in [0.1, 0.15) is 0 Å². The molecule has 7 heteroatoms. The second kappa shape index (κ2) is 8.33. The molecule has 0 unspecified atom stereocenters. The zero-order chi connectivity index (χ0) is 19.2. The first kappa shape index (κ1) is 18.4. The molecule has 0 spiro atoms. The number of nitrogens with zero attached hydrogens (tertiary/aromatic N) is 1. The van der Waals surface area contributed by atoms with E-state index in [0.29, 0.717) is 27.6 Å². The summed E-state index contributed by atoms with van der Waals surface area (Å²) in [6, 6.07) is 15.8. The van der Waals surface area contributed by atoms with E-state index in [1.54, 1.807) is 48.7 Å². The van der Waals surface area contributed by atoms with Crippen molar-refractivity contribution < 1.29 is 9.59 Å². The molecule has 1 heterocycles. The van der Waals surface area contributed by atoms with Crippen molar-refractivity contribution in [3.63, 3.8) is 0 Å². The molecular formula is C20H17ClN4O2. The Morgan fingerprint density at radius 3 is 2.22 bits per heavy atom. The molecule has 6 nitrogen and oxygen atoms in total. The molecule has 2 aromatic carbocycles. The summed E-state index contributed by atoms with van der Waals surface area (Å²) in [6.07, 6.45) is 3.12. The molecule has 27 heavy (non-hydrogen) atoms. The van der Waals surface area contributed by atoms with E-state index in [-0.39, 0.29) is 11.8 Å². The zero-order valence-electron chi connectivity index (χ0n) is 14.5. The van der Waals surface area contributed by atoms with Crippen LogP contribution in [0.15, 0.2) is 67.0 Å². The largest absolute Gasteiger partial charge is 0.354 e.